The van der Waals surface area contributed by atoms with Crippen molar-refractivity contribution in [3.63, 3.8) is 0 Å². The first-order valence-electron chi connectivity index (χ1n) is 12.2. The number of ketones is 1. The van der Waals surface area contributed by atoms with E-state index in [0.29, 0.717) is 44.4 Å². The molecule has 1 N–H and O–H groups in total. The summed E-state index contributed by atoms with van der Waals surface area (Å²) in [5.74, 6) is -1.94. The van der Waals surface area contributed by atoms with Gasteiger partial charge in [-0.3, -0.25) is 28.8 Å². The maximum Gasteiger partial charge on any atom is 0.261 e. The van der Waals surface area contributed by atoms with Gasteiger partial charge in [0.2, 0.25) is 0 Å². The Labute approximate surface area is 231 Å². The lowest BCUT2D eigenvalue weighted by Crippen LogP contribution is -2.46. The number of amides is 3. The van der Waals surface area contributed by atoms with Crippen LogP contribution in [0.3, 0.4) is 0 Å². The van der Waals surface area contributed by atoms with Crippen molar-refractivity contribution in [3.8, 4) is 11.3 Å². The summed E-state index contributed by atoms with van der Waals surface area (Å²) in [4.78, 5) is 54.1. The van der Waals surface area contributed by atoms with Crippen molar-refractivity contribution in [2.24, 2.45) is 0 Å². The molecule has 0 radical (unpaired) electrons. The molecule has 196 valence electrons. The van der Waals surface area contributed by atoms with E-state index < -0.39 is 29.6 Å². The van der Waals surface area contributed by atoms with Crippen molar-refractivity contribution in [2.75, 3.05) is 6.54 Å². The second-order valence-electron chi connectivity index (χ2n) is 9.36. The van der Waals surface area contributed by atoms with E-state index in [1.54, 1.807) is 47.1 Å². The van der Waals surface area contributed by atoms with Crippen LogP contribution in [-0.2, 0) is 13.0 Å². The van der Waals surface area contributed by atoms with Gasteiger partial charge in [-0.1, -0.05) is 35.9 Å². The van der Waals surface area contributed by atoms with Crippen LogP contribution in [0.25, 0.3) is 11.3 Å². The summed E-state index contributed by atoms with van der Waals surface area (Å²) in [7, 11) is 0. The molecule has 2 aromatic heterocycles. The van der Waals surface area contributed by atoms with E-state index in [1.807, 2.05) is 0 Å². The van der Waals surface area contributed by atoms with Crippen molar-refractivity contribution in [3.05, 3.63) is 98.1 Å². The van der Waals surface area contributed by atoms with Crippen LogP contribution in [0.4, 0.5) is 4.39 Å². The molecular weight excluding hydrogens is 543 g/mol. The van der Waals surface area contributed by atoms with Crippen LogP contribution in [0.1, 0.15) is 52.0 Å². The minimum absolute atomic E-state index is 0.113. The number of imide groups is 1. The van der Waals surface area contributed by atoms with Gasteiger partial charge in [0.15, 0.2) is 5.78 Å². The molecular formula is C28H20ClFN4O4S. The smallest absolute Gasteiger partial charge is 0.261 e. The topological polar surface area (TPSA) is 101 Å². The second kappa shape index (κ2) is 9.87. The minimum atomic E-state index is -0.728. The van der Waals surface area contributed by atoms with Gasteiger partial charge in [0.1, 0.15) is 5.82 Å². The Morgan fingerprint density at radius 1 is 1.05 bits per heavy atom. The number of Topliss-reactive ketones (excluding diaryl/α,β-unsaturated/α-hetero) is 1. The number of carbonyl (C=O) groups is 4. The van der Waals surface area contributed by atoms with Crippen LogP contribution in [0.15, 0.2) is 60.8 Å². The molecule has 0 unspecified atom stereocenters. The summed E-state index contributed by atoms with van der Waals surface area (Å²) in [6, 6.07) is 13.3. The summed E-state index contributed by atoms with van der Waals surface area (Å²) in [6.07, 6.45) is 1.89. The molecule has 4 heterocycles. The van der Waals surface area contributed by atoms with Crippen molar-refractivity contribution in [1.82, 2.24) is 20.0 Å². The normalized spacial score (nSPS) is 15.0. The van der Waals surface area contributed by atoms with Crippen molar-refractivity contribution in [1.29, 1.82) is 0 Å². The fraction of sp³-hybridized carbons (Fsp3) is 0.179. The van der Waals surface area contributed by atoms with Gasteiger partial charge in [0, 0.05) is 25.1 Å². The number of benzene rings is 2. The van der Waals surface area contributed by atoms with Crippen LogP contribution in [0, 0.1) is 5.82 Å². The highest BCUT2D eigenvalue weighted by molar-refractivity contribution is 7.16. The van der Waals surface area contributed by atoms with Crippen LogP contribution in [0.5, 0.6) is 0 Å². The Morgan fingerprint density at radius 2 is 1.79 bits per heavy atom. The zero-order valence-corrected chi connectivity index (χ0v) is 21.9. The van der Waals surface area contributed by atoms with E-state index in [0.717, 1.165) is 16.2 Å². The highest BCUT2D eigenvalue weighted by Gasteiger charge is 2.37. The number of nitrogens with one attached hydrogen (secondary N) is 1. The highest BCUT2D eigenvalue weighted by Crippen LogP contribution is 2.38. The molecule has 2 aromatic carbocycles. The Morgan fingerprint density at radius 3 is 2.51 bits per heavy atom. The molecule has 2 aliphatic rings. The van der Waals surface area contributed by atoms with E-state index in [9.17, 15) is 23.6 Å². The van der Waals surface area contributed by atoms with Gasteiger partial charge in [-0.15, -0.1) is 11.3 Å². The SMILES string of the molecule is O=C(N[C@@H](Cc1cccc(F)c1)CN1C(=O)c2ccccc2C1=O)c1cc2c(s1)C(=O)CCn1ncc(Cl)c1-2. The van der Waals surface area contributed by atoms with Gasteiger partial charge < -0.3 is 5.32 Å². The first-order valence-corrected chi connectivity index (χ1v) is 13.4. The van der Waals surface area contributed by atoms with Gasteiger partial charge in [-0.05, 0) is 42.3 Å². The van der Waals surface area contributed by atoms with Crippen molar-refractivity contribution in [2.45, 2.75) is 25.4 Å². The number of rotatable bonds is 6. The van der Waals surface area contributed by atoms with Gasteiger partial charge in [0.25, 0.3) is 17.7 Å². The molecule has 0 fully saturated rings. The fourth-order valence-corrected chi connectivity index (χ4v) is 6.27. The van der Waals surface area contributed by atoms with Crippen LogP contribution < -0.4 is 5.32 Å². The van der Waals surface area contributed by atoms with Crippen LogP contribution in [0.2, 0.25) is 5.02 Å². The zero-order valence-electron chi connectivity index (χ0n) is 20.3. The molecule has 0 bridgehead atoms. The molecule has 39 heavy (non-hydrogen) atoms. The Kier molecular flexibility index (Phi) is 6.36. The quantitative estimate of drug-likeness (QED) is 0.345. The maximum absolute atomic E-state index is 13.9. The van der Waals surface area contributed by atoms with E-state index in [-0.39, 0.29) is 30.0 Å². The van der Waals surface area contributed by atoms with Gasteiger partial charge in [0.05, 0.1) is 43.8 Å². The molecule has 2 aliphatic heterocycles. The molecule has 0 saturated carbocycles. The molecule has 0 spiro atoms. The predicted molar refractivity (Wildman–Crippen MR) is 143 cm³/mol. The molecule has 0 saturated heterocycles. The number of nitrogens with zero attached hydrogens (tertiary/aromatic N) is 3. The molecule has 4 aromatic rings. The Hall–Kier alpha value is -4.15. The third-order valence-corrected chi connectivity index (χ3v) is 8.25. The third-order valence-electron chi connectivity index (χ3n) is 6.80. The number of halogens is 2. The number of hydrogen-bond acceptors (Lipinski definition) is 6. The number of aryl methyl sites for hydroxylation is 1. The summed E-state index contributed by atoms with van der Waals surface area (Å²) < 4.78 is 15.6. The van der Waals surface area contributed by atoms with Crippen LogP contribution >= 0.6 is 22.9 Å². The number of hydrogen-bond donors (Lipinski definition) is 1. The lowest BCUT2D eigenvalue weighted by molar-refractivity contribution is 0.0628. The maximum atomic E-state index is 13.9. The summed E-state index contributed by atoms with van der Waals surface area (Å²) >= 11 is 7.41. The molecule has 1 atom stereocenters. The lowest BCUT2D eigenvalue weighted by Gasteiger charge is -2.24. The molecule has 8 nitrogen and oxygen atoms in total. The summed E-state index contributed by atoms with van der Waals surface area (Å²) in [5.41, 5.74) is 2.30. The van der Waals surface area contributed by atoms with Gasteiger partial charge >= 0.3 is 0 Å². The molecule has 0 aliphatic carbocycles. The first kappa shape index (κ1) is 25.1. The molecule has 6 rings (SSSR count). The number of thiophene rings is 1. The van der Waals surface area contributed by atoms with Crippen LogP contribution in [-0.4, -0.2) is 50.8 Å². The van der Waals surface area contributed by atoms with E-state index >= 15 is 0 Å². The average molecular weight is 563 g/mol. The molecule has 11 heteroatoms. The zero-order chi connectivity index (χ0) is 27.3. The van der Waals surface area contributed by atoms with Crippen molar-refractivity contribution < 1.29 is 23.6 Å². The number of aromatic nitrogens is 2. The van der Waals surface area contributed by atoms with Crippen molar-refractivity contribution >= 4 is 46.4 Å². The summed E-state index contributed by atoms with van der Waals surface area (Å²) in [5, 5.41) is 7.52. The van der Waals surface area contributed by atoms with E-state index in [1.165, 1.54) is 18.3 Å². The lowest BCUT2D eigenvalue weighted by atomic mass is 10.0. The van der Waals surface area contributed by atoms with Gasteiger partial charge in [-0.2, -0.15) is 5.10 Å². The predicted octanol–water partition coefficient (Wildman–Crippen LogP) is 4.63. The van der Waals surface area contributed by atoms with Gasteiger partial charge in [-0.25, -0.2) is 4.39 Å². The fourth-order valence-electron chi connectivity index (χ4n) is 5.00. The van der Waals surface area contributed by atoms with E-state index in [4.69, 9.17) is 11.6 Å². The van der Waals surface area contributed by atoms with E-state index in [2.05, 4.69) is 10.4 Å². The standard InChI is InChI=1S/C28H20ClFN4O4S/c29-21-13-31-34-9-8-22(35)25-20(24(21)34)12-23(39-25)26(36)32-17(11-15-4-3-5-16(30)10-15)14-33-27(37)18-6-1-2-7-19(18)28(33)38/h1-7,10,12-13,17H,8-9,11,14H2,(H,32,36)/t17-/m0/s1. The highest BCUT2D eigenvalue weighted by atomic mass is 35.5. The Balaban J connectivity index is 1.30. The average Bonchev–Trinajstić information content (AvgIpc) is 3.56. The Bertz CT molecular complexity index is 1640. The first-order chi connectivity index (χ1) is 18.8. The minimum Gasteiger partial charge on any atom is -0.346 e. The largest absolute Gasteiger partial charge is 0.346 e. The summed E-state index contributed by atoms with van der Waals surface area (Å²) in [6.45, 7) is 0.275. The monoisotopic (exact) mass is 562 g/mol. The second-order valence-corrected chi connectivity index (χ2v) is 10.8. The number of carbonyl (C=O) groups excluding carboxylic acids is 4. The molecule has 3 amide bonds. The third kappa shape index (κ3) is 4.55. The number of fused-ring (bicyclic) bond motifs is 4.